The van der Waals surface area contributed by atoms with Gasteiger partial charge in [-0.2, -0.15) is 0 Å². The van der Waals surface area contributed by atoms with Gasteiger partial charge in [0, 0.05) is 21.8 Å². The largest absolute Gasteiger partial charge is 0.302 e. The van der Waals surface area contributed by atoms with Gasteiger partial charge in [-0.3, -0.25) is 4.79 Å². The monoisotopic (exact) mass is 366 g/mol. The molecule has 0 fully saturated rings. The molecule has 2 aromatic rings. The van der Waals surface area contributed by atoms with E-state index in [1.807, 2.05) is 29.6 Å². The van der Waals surface area contributed by atoms with Crippen LogP contribution < -0.4 is 5.32 Å². The predicted octanol–water partition coefficient (Wildman–Crippen LogP) is 5.48. The number of nitrogens with zero attached hydrogens (tertiary/aromatic N) is 1. The van der Waals surface area contributed by atoms with Gasteiger partial charge in [0.05, 0.1) is 5.69 Å². The van der Waals surface area contributed by atoms with Gasteiger partial charge in [0.2, 0.25) is 5.91 Å². The molecule has 112 valence electrons. The van der Waals surface area contributed by atoms with Crippen LogP contribution in [0.4, 0.5) is 5.13 Å². The summed E-state index contributed by atoms with van der Waals surface area (Å²) in [5.74, 6) is 0.0582. The topological polar surface area (TPSA) is 42.0 Å². The fourth-order valence-corrected chi connectivity index (χ4v) is 2.98. The van der Waals surface area contributed by atoms with Gasteiger partial charge < -0.3 is 5.32 Å². The molecule has 1 amide bonds. The van der Waals surface area contributed by atoms with Gasteiger partial charge in [-0.1, -0.05) is 54.2 Å². The van der Waals surface area contributed by atoms with Crippen molar-refractivity contribution in [3.63, 3.8) is 0 Å². The van der Waals surface area contributed by atoms with Gasteiger partial charge in [0.15, 0.2) is 5.13 Å². The Hall–Kier alpha value is -1.20. The van der Waals surface area contributed by atoms with Crippen molar-refractivity contribution in [2.45, 2.75) is 39.0 Å². The number of hydrogen-bond acceptors (Lipinski definition) is 3. The Morgan fingerprint density at radius 1 is 1.24 bits per heavy atom. The molecular weight excluding hydrogens is 348 g/mol. The van der Waals surface area contributed by atoms with Crippen molar-refractivity contribution >= 4 is 38.3 Å². The third-order valence-electron chi connectivity index (χ3n) is 3.15. The molecule has 0 saturated heterocycles. The van der Waals surface area contributed by atoms with E-state index in [0.29, 0.717) is 11.6 Å². The summed E-state index contributed by atoms with van der Waals surface area (Å²) < 4.78 is 1.04. The van der Waals surface area contributed by atoms with Gasteiger partial charge in [0.25, 0.3) is 0 Å². The molecule has 0 aliphatic rings. The summed E-state index contributed by atoms with van der Waals surface area (Å²) in [6.07, 6.45) is 5.02. The van der Waals surface area contributed by atoms with Crippen molar-refractivity contribution in [1.82, 2.24) is 4.98 Å². The zero-order valence-electron chi connectivity index (χ0n) is 12.1. The van der Waals surface area contributed by atoms with Crippen LogP contribution in [0.15, 0.2) is 34.1 Å². The number of carbonyl (C=O) groups excluding carboxylic acids is 1. The molecular formula is C16H19BrN2OS. The number of carbonyl (C=O) groups is 1. The molecule has 1 N–H and O–H groups in total. The SMILES string of the molecule is CCCCCCC(=O)Nc1nc(-c2ccc(Br)cc2)cs1. The lowest BCUT2D eigenvalue weighted by Crippen LogP contribution is -2.10. The van der Waals surface area contributed by atoms with E-state index in [-0.39, 0.29) is 5.91 Å². The number of aromatic nitrogens is 1. The van der Waals surface area contributed by atoms with Crippen molar-refractivity contribution in [2.24, 2.45) is 0 Å². The van der Waals surface area contributed by atoms with E-state index < -0.39 is 0 Å². The van der Waals surface area contributed by atoms with Crippen molar-refractivity contribution in [2.75, 3.05) is 5.32 Å². The average molecular weight is 367 g/mol. The van der Waals surface area contributed by atoms with Crippen LogP contribution in [0.3, 0.4) is 0 Å². The molecule has 0 radical (unpaired) electrons. The van der Waals surface area contributed by atoms with E-state index in [1.165, 1.54) is 24.2 Å². The van der Waals surface area contributed by atoms with Crippen LogP contribution in [0, 0.1) is 0 Å². The summed E-state index contributed by atoms with van der Waals surface area (Å²) >= 11 is 4.88. The normalized spacial score (nSPS) is 10.6. The average Bonchev–Trinajstić information content (AvgIpc) is 2.93. The minimum absolute atomic E-state index is 0.0582. The minimum atomic E-state index is 0.0582. The quantitative estimate of drug-likeness (QED) is 0.659. The maximum Gasteiger partial charge on any atom is 0.226 e. The summed E-state index contributed by atoms with van der Waals surface area (Å²) in [6.45, 7) is 2.17. The highest BCUT2D eigenvalue weighted by molar-refractivity contribution is 9.10. The Kier molecular flexibility index (Phi) is 6.39. The Bertz CT molecular complexity index is 580. The first-order chi connectivity index (χ1) is 10.2. The van der Waals surface area contributed by atoms with E-state index in [9.17, 15) is 4.79 Å². The molecule has 5 heteroatoms. The molecule has 0 spiro atoms. The van der Waals surface area contributed by atoms with Crippen LogP contribution >= 0.6 is 27.3 Å². The van der Waals surface area contributed by atoms with Crippen molar-refractivity contribution < 1.29 is 4.79 Å². The second kappa shape index (κ2) is 8.29. The highest BCUT2D eigenvalue weighted by atomic mass is 79.9. The molecule has 3 nitrogen and oxygen atoms in total. The Morgan fingerprint density at radius 2 is 2.00 bits per heavy atom. The molecule has 0 saturated carbocycles. The zero-order valence-corrected chi connectivity index (χ0v) is 14.5. The van der Waals surface area contributed by atoms with Crippen molar-refractivity contribution in [3.8, 4) is 11.3 Å². The van der Waals surface area contributed by atoms with E-state index in [1.54, 1.807) is 0 Å². The van der Waals surface area contributed by atoms with Gasteiger partial charge in [-0.25, -0.2) is 4.98 Å². The Balaban J connectivity index is 1.88. The van der Waals surface area contributed by atoms with Crippen LogP contribution in [0.25, 0.3) is 11.3 Å². The summed E-state index contributed by atoms with van der Waals surface area (Å²) in [4.78, 5) is 16.3. The second-order valence-corrected chi connectivity index (χ2v) is 6.68. The first-order valence-corrected chi connectivity index (χ1v) is 8.87. The third-order valence-corrected chi connectivity index (χ3v) is 4.43. The number of rotatable bonds is 7. The lowest BCUT2D eigenvalue weighted by atomic mass is 10.1. The number of halogens is 1. The van der Waals surface area contributed by atoms with Crippen LogP contribution in [-0.4, -0.2) is 10.9 Å². The first-order valence-electron chi connectivity index (χ1n) is 7.20. The van der Waals surface area contributed by atoms with E-state index in [4.69, 9.17) is 0 Å². The number of nitrogens with one attached hydrogen (secondary N) is 1. The molecule has 1 aromatic carbocycles. The maximum atomic E-state index is 11.8. The molecule has 1 aromatic heterocycles. The van der Waals surface area contributed by atoms with Crippen LogP contribution in [0.5, 0.6) is 0 Å². The highest BCUT2D eigenvalue weighted by Crippen LogP contribution is 2.26. The molecule has 2 rings (SSSR count). The summed E-state index contributed by atoms with van der Waals surface area (Å²) in [6, 6.07) is 7.99. The van der Waals surface area contributed by atoms with Crippen LogP contribution in [0.1, 0.15) is 39.0 Å². The van der Waals surface area contributed by atoms with Gasteiger partial charge in [0.1, 0.15) is 0 Å². The number of thiazole rings is 1. The molecule has 0 bridgehead atoms. The maximum absolute atomic E-state index is 11.8. The van der Waals surface area contributed by atoms with E-state index in [0.717, 1.165) is 28.6 Å². The number of hydrogen-bond donors (Lipinski definition) is 1. The standard InChI is InChI=1S/C16H19BrN2OS/c1-2-3-4-5-6-15(20)19-16-18-14(11-21-16)12-7-9-13(17)10-8-12/h7-11H,2-6H2,1H3,(H,18,19,20). The zero-order chi connectivity index (χ0) is 15.1. The van der Waals surface area contributed by atoms with E-state index in [2.05, 4.69) is 33.2 Å². The van der Waals surface area contributed by atoms with Gasteiger partial charge >= 0.3 is 0 Å². The fourth-order valence-electron chi connectivity index (χ4n) is 1.98. The van der Waals surface area contributed by atoms with Gasteiger partial charge in [-0.05, 0) is 18.6 Å². The third kappa shape index (κ3) is 5.25. The van der Waals surface area contributed by atoms with Crippen LogP contribution in [-0.2, 0) is 4.79 Å². The van der Waals surface area contributed by atoms with Crippen molar-refractivity contribution in [1.29, 1.82) is 0 Å². The minimum Gasteiger partial charge on any atom is -0.302 e. The van der Waals surface area contributed by atoms with Gasteiger partial charge in [-0.15, -0.1) is 11.3 Å². The molecule has 21 heavy (non-hydrogen) atoms. The molecule has 1 heterocycles. The summed E-state index contributed by atoms with van der Waals surface area (Å²) in [5, 5.41) is 5.52. The Morgan fingerprint density at radius 3 is 2.71 bits per heavy atom. The van der Waals surface area contributed by atoms with E-state index >= 15 is 0 Å². The predicted molar refractivity (Wildman–Crippen MR) is 92.6 cm³/mol. The first kappa shape index (κ1) is 16.2. The smallest absolute Gasteiger partial charge is 0.226 e. The Labute approximate surface area is 137 Å². The molecule has 0 unspecified atom stereocenters. The molecule has 0 aliphatic heterocycles. The molecule has 0 atom stereocenters. The number of anilines is 1. The van der Waals surface area contributed by atoms with Crippen LogP contribution in [0.2, 0.25) is 0 Å². The lowest BCUT2D eigenvalue weighted by Gasteiger charge is -2.01. The van der Waals surface area contributed by atoms with Crippen molar-refractivity contribution in [3.05, 3.63) is 34.1 Å². The number of amides is 1. The fraction of sp³-hybridized carbons (Fsp3) is 0.375. The second-order valence-electron chi connectivity index (χ2n) is 4.90. The number of benzene rings is 1. The number of unbranched alkanes of at least 4 members (excludes halogenated alkanes) is 3. The highest BCUT2D eigenvalue weighted by Gasteiger charge is 2.07. The molecule has 0 aliphatic carbocycles. The summed E-state index contributed by atoms with van der Waals surface area (Å²) in [5.41, 5.74) is 1.95. The lowest BCUT2D eigenvalue weighted by molar-refractivity contribution is -0.116. The summed E-state index contributed by atoms with van der Waals surface area (Å²) in [7, 11) is 0.